The van der Waals surface area contributed by atoms with Crippen molar-refractivity contribution in [2.45, 2.75) is 0 Å². The summed E-state index contributed by atoms with van der Waals surface area (Å²) >= 11 is 0. The molecule has 116 valence electrons. The zero-order valence-corrected chi connectivity index (χ0v) is 12.1. The third-order valence-corrected chi connectivity index (χ3v) is 3.98. The van der Waals surface area contributed by atoms with Crippen molar-refractivity contribution in [3.63, 3.8) is 0 Å². The summed E-state index contributed by atoms with van der Waals surface area (Å²) in [6.07, 6.45) is 0. The topological polar surface area (TPSA) is 94.4 Å². The van der Waals surface area contributed by atoms with E-state index in [0.717, 1.165) is 4.68 Å². The Kier molecular flexibility index (Phi) is 3.05. The van der Waals surface area contributed by atoms with Crippen molar-refractivity contribution in [3.05, 3.63) is 46.8 Å². The molecule has 2 aromatic rings. The van der Waals surface area contributed by atoms with E-state index in [1.54, 1.807) is 24.3 Å². The van der Waals surface area contributed by atoms with Gasteiger partial charge in [-0.2, -0.15) is 4.68 Å². The van der Waals surface area contributed by atoms with Crippen molar-refractivity contribution in [1.82, 2.24) is 19.9 Å². The molecule has 1 aliphatic heterocycles. The number of ether oxygens (including phenoxy) is 1. The molecule has 0 bridgehead atoms. The molecule has 0 radical (unpaired) electrons. The lowest BCUT2D eigenvalue weighted by Crippen LogP contribution is -2.44. The molecule has 1 saturated heterocycles. The molecule has 1 fully saturated rings. The molecule has 2 heterocycles. The molecule has 0 atom stereocenters. The third-order valence-electron chi connectivity index (χ3n) is 3.98. The average molecular weight is 312 g/mol. The number of carbonyl (C=O) groups excluding carboxylic acids is 3. The first-order valence-electron chi connectivity index (χ1n) is 7.19. The van der Waals surface area contributed by atoms with E-state index in [9.17, 15) is 14.4 Å². The highest BCUT2D eigenvalue weighted by atomic mass is 16.5. The maximum absolute atomic E-state index is 12.7. The highest BCUT2D eigenvalue weighted by Gasteiger charge is 2.37. The van der Waals surface area contributed by atoms with Crippen LogP contribution in [-0.2, 0) is 4.74 Å². The number of ketones is 2. The van der Waals surface area contributed by atoms with Crippen molar-refractivity contribution in [2.75, 3.05) is 26.3 Å². The van der Waals surface area contributed by atoms with Gasteiger partial charge < -0.3 is 9.64 Å². The van der Waals surface area contributed by atoms with E-state index in [4.69, 9.17) is 4.74 Å². The van der Waals surface area contributed by atoms with Crippen molar-refractivity contribution in [1.29, 1.82) is 0 Å². The largest absolute Gasteiger partial charge is 0.378 e. The van der Waals surface area contributed by atoms with Crippen LogP contribution >= 0.6 is 0 Å². The van der Waals surface area contributed by atoms with Gasteiger partial charge in [-0.15, -0.1) is 5.10 Å². The van der Waals surface area contributed by atoms with Crippen LogP contribution in [0.5, 0.6) is 0 Å². The third kappa shape index (κ3) is 1.99. The number of hydrogen-bond acceptors (Lipinski definition) is 6. The fourth-order valence-electron chi connectivity index (χ4n) is 2.80. The average Bonchev–Trinajstić information content (AvgIpc) is 3.05. The van der Waals surface area contributed by atoms with Gasteiger partial charge in [0.15, 0.2) is 11.4 Å². The van der Waals surface area contributed by atoms with Gasteiger partial charge in [0.2, 0.25) is 11.6 Å². The fourth-order valence-corrected chi connectivity index (χ4v) is 2.80. The number of amides is 1. The lowest BCUT2D eigenvalue weighted by atomic mass is 9.90. The molecule has 1 amide bonds. The van der Waals surface area contributed by atoms with Crippen LogP contribution in [0.1, 0.15) is 32.1 Å². The Morgan fingerprint density at radius 2 is 1.70 bits per heavy atom. The first-order chi connectivity index (χ1) is 11.2. The predicted octanol–water partition coefficient (Wildman–Crippen LogP) is 0.354. The number of rotatable bonds is 0. The second-order valence-corrected chi connectivity index (χ2v) is 5.28. The van der Waals surface area contributed by atoms with Gasteiger partial charge in [0.25, 0.3) is 0 Å². The maximum atomic E-state index is 12.7. The number of benzene rings is 1. The smallest absolute Gasteiger partial charge is 0.346 e. The summed E-state index contributed by atoms with van der Waals surface area (Å²) in [5.74, 6) is -0.807. The molecule has 2 aliphatic rings. The molecule has 23 heavy (non-hydrogen) atoms. The van der Waals surface area contributed by atoms with Crippen LogP contribution in [0.3, 0.4) is 0 Å². The first kappa shape index (κ1) is 13.8. The van der Waals surface area contributed by atoms with Crippen LogP contribution in [0.4, 0.5) is 4.79 Å². The van der Waals surface area contributed by atoms with Crippen molar-refractivity contribution in [3.8, 4) is 0 Å². The Morgan fingerprint density at radius 1 is 1.04 bits per heavy atom. The summed E-state index contributed by atoms with van der Waals surface area (Å²) < 4.78 is 6.13. The van der Waals surface area contributed by atoms with E-state index in [-0.39, 0.29) is 22.5 Å². The van der Waals surface area contributed by atoms with Gasteiger partial charge in [-0.05, 0) is 0 Å². The highest BCUT2D eigenvalue weighted by molar-refractivity contribution is 6.27. The van der Waals surface area contributed by atoms with E-state index >= 15 is 0 Å². The van der Waals surface area contributed by atoms with Crippen LogP contribution in [0.15, 0.2) is 24.3 Å². The van der Waals surface area contributed by atoms with Gasteiger partial charge in [-0.3, -0.25) is 9.59 Å². The Labute approximate surface area is 130 Å². The molecule has 1 aromatic heterocycles. The minimum atomic E-state index is -0.470. The van der Waals surface area contributed by atoms with Gasteiger partial charge in [-0.25, -0.2) is 4.79 Å². The van der Waals surface area contributed by atoms with Crippen LogP contribution in [-0.4, -0.2) is 63.8 Å². The van der Waals surface area contributed by atoms with Crippen LogP contribution in [0.2, 0.25) is 0 Å². The summed E-state index contributed by atoms with van der Waals surface area (Å²) in [4.78, 5) is 39.2. The number of morpholine rings is 1. The minimum Gasteiger partial charge on any atom is -0.378 e. The first-order valence-corrected chi connectivity index (χ1v) is 7.19. The minimum absolute atomic E-state index is 0.0646. The Hall–Kier alpha value is -2.87. The Balaban J connectivity index is 1.79. The van der Waals surface area contributed by atoms with Gasteiger partial charge in [0.05, 0.1) is 13.2 Å². The van der Waals surface area contributed by atoms with Crippen molar-refractivity contribution < 1.29 is 19.1 Å². The van der Waals surface area contributed by atoms with E-state index in [0.29, 0.717) is 26.3 Å². The molecule has 0 N–H and O–H groups in total. The van der Waals surface area contributed by atoms with E-state index < -0.39 is 17.6 Å². The molecule has 8 nitrogen and oxygen atoms in total. The van der Waals surface area contributed by atoms with Crippen molar-refractivity contribution >= 4 is 17.6 Å². The Morgan fingerprint density at radius 3 is 2.39 bits per heavy atom. The monoisotopic (exact) mass is 312 g/mol. The molecule has 4 rings (SSSR count). The number of nitrogens with zero attached hydrogens (tertiary/aromatic N) is 4. The normalized spacial score (nSPS) is 17.0. The number of hydrogen-bond donors (Lipinski definition) is 0. The summed E-state index contributed by atoms with van der Waals surface area (Å²) in [7, 11) is 0. The zero-order valence-electron chi connectivity index (χ0n) is 12.1. The number of carbonyl (C=O) groups is 3. The summed E-state index contributed by atoms with van der Waals surface area (Å²) in [5.41, 5.74) is 0.416. The molecule has 1 aromatic carbocycles. The highest BCUT2D eigenvalue weighted by Crippen LogP contribution is 2.25. The fraction of sp³-hybridized carbons (Fsp3) is 0.267. The number of aromatic nitrogens is 3. The Bertz CT molecular complexity index is 836. The maximum Gasteiger partial charge on any atom is 0.346 e. The van der Waals surface area contributed by atoms with Crippen LogP contribution in [0, 0.1) is 0 Å². The molecule has 0 saturated carbocycles. The van der Waals surface area contributed by atoms with Crippen molar-refractivity contribution in [2.24, 2.45) is 0 Å². The molecule has 8 heteroatoms. The summed E-state index contributed by atoms with van der Waals surface area (Å²) in [6, 6.07) is 6.02. The van der Waals surface area contributed by atoms with Crippen LogP contribution in [0.25, 0.3) is 0 Å². The van der Waals surface area contributed by atoms with Gasteiger partial charge in [-0.1, -0.05) is 29.5 Å². The summed E-state index contributed by atoms with van der Waals surface area (Å²) in [6.45, 7) is 1.68. The van der Waals surface area contributed by atoms with Gasteiger partial charge in [0.1, 0.15) is 0 Å². The SMILES string of the molecule is O=C1c2ccccc2C(=O)c2c1nnn2C(=O)N1CCOCC1. The molecule has 0 spiro atoms. The molecule has 0 unspecified atom stereocenters. The zero-order chi connectivity index (χ0) is 16.0. The summed E-state index contributed by atoms with van der Waals surface area (Å²) in [5, 5.41) is 7.52. The lowest BCUT2D eigenvalue weighted by molar-refractivity contribution is 0.0525. The second-order valence-electron chi connectivity index (χ2n) is 5.28. The molecular formula is C15H12N4O4. The second kappa shape index (κ2) is 5.10. The van der Waals surface area contributed by atoms with E-state index in [1.807, 2.05) is 0 Å². The molecular weight excluding hydrogens is 300 g/mol. The van der Waals surface area contributed by atoms with E-state index in [2.05, 4.69) is 10.3 Å². The quantitative estimate of drug-likeness (QED) is 0.594. The number of fused-ring (bicyclic) bond motifs is 2. The molecule has 1 aliphatic carbocycles. The van der Waals surface area contributed by atoms with Gasteiger partial charge >= 0.3 is 6.03 Å². The standard InChI is InChI=1S/C15H12N4O4/c20-13-9-3-1-2-4-10(9)14(21)12-11(13)16-17-19(12)15(22)18-5-7-23-8-6-18/h1-4H,5-8H2. The van der Waals surface area contributed by atoms with Crippen LogP contribution < -0.4 is 0 Å². The van der Waals surface area contributed by atoms with E-state index in [1.165, 1.54) is 4.90 Å². The lowest BCUT2D eigenvalue weighted by Gasteiger charge is -2.26. The predicted molar refractivity (Wildman–Crippen MR) is 76.5 cm³/mol. The van der Waals surface area contributed by atoms with Gasteiger partial charge in [0, 0.05) is 24.2 Å².